The Hall–Kier alpha value is -2.61. The van der Waals surface area contributed by atoms with Gasteiger partial charge in [0.25, 0.3) is 0 Å². The lowest BCUT2D eigenvalue weighted by molar-refractivity contribution is -0.140. The number of hydrogen-bond donors (Lipinski definition) is 0. The summed E-state index contributed by atoms with van der Waals surface area (Å²) in [5.41, 5.74) is 3.55. The monoisotopic (exact) mass is 447 g/mol. The van der Waals surface area contributed by atoms with Gasteiger partial charge in [0.2, 0.25) is 11.8 Å². The van der Waals surface area contributed by atoms with Crippen molar-refractivity contribution < 1.29 is 22.8 Å². The first-order chi connectivity index (χ1) is 15.1. The zero-order chi connectivity index (χ0) is 23.2. The van der Waals surface area contributed by atoms with Gasteiger partial charge >= 0.3 is 6.18 Å². The molecule has 0 saturated carbocycles. The van der Waals surface area contributed by atoms with Gasteiger partial charge in [0, 0.05) is 50.7 Å². The van der Waals surface area contributed by atoms with E-state index in [1.165, 1.54) is 6.92 Å². The Morgan fingerprint density at radius 3 is 2.53 bits per heavy atom. The summed E-state index contributed by atoms with van der Waals surface area (Å²) in [6.07, 6.45) is -0.907. The Balaban J connectivity index is 1.81. The minimum atomic E-state index is -4.27. The molecule has 2 heterocycles. The average molecular weight is 448 g/mol. The van der Waals surface area contributed by atoms with E-state index in [9.17, 15) is 22.8 Å². The fourth-order valence-electron chi connectivity index (χ4n) is 5.13. The second-order valence-electron chi connectivity index (χ2n) is 8.56. The van der Waals surface area contributed by atoms with Gasteiger partial charge in [-0.25, -0.2) is 0 Å². The van der Waals surface area contributed by atoms with Crippen LogP contribution in [0.4, 0.5) is 13.2 Å². The molecule has 1 amide bonds. The summed E-state index contributed by atoms with van der Waals surface area (Å²) in [7, 11) is 0. The third kappa shape index (κ3) is 3.96. The maximum Gasteiger partial charge on any atom is 0.390 e. The number of carbonyl (C=O) groups excluding carboxylic acids is 2. The van der Waals surface area contributed by atoms with Crippen molar-refractivity contribution in [2.45, 2.75) is 45.8 Å². The van der Waals surface area contributed by atoms with Crippen molar-refractivity contribution in [2.24, 2.45) is 5.92 Å². The van der Waals surface area contributed by atoms with Crippen molar-refractivity contribution >= 4 is 28.3 Å². The van der Waals surface area contributed by atoms with Crippen molar-refractivity contribution in [2.75, 3.05) is 26.2 Å². The highest BCUT2D eigenvalue weighted by Gasteiger charge is 2.40. The molecule has 0 fully saturated rings. The van der Waals surface area contributed by atoms with Crippen LogP contribution in [0.2, 0.25) is 0 Å². The number of alkyl halides is 3. The van der Waals surface area contributed by atoms with Gasteiger partial charge in [-0.3, -0.25) is 19.1 Å². The van der Waals surface area contributed by atoms with Crippen LogP contribution in [0.3, 0.4) is 0 Å². The van der Waals surface area contributed by atoms with Crippen LogP contribution >= 0.6 is 0 Å². The molecular weight excluding hydrogens is 419 g/mol. The van der Waals surface area contributed by atoms with Gasteiger partial charge in [0.1, 0.15) is 0 Å². The van der Waals surface area contributed by atoms with Crippen LogP contribution in [0, 0.1) is 5.92 Å². The maximum absolute atomic E-state index is 13.1. The number of rotatable bonds is 5. The third-order valence-electron chi connectivity index (χ3n) is 6.66. The standard InChI is InChI=1S/C24H28F3N3O2/c1-4-28(5-2)23(32)17-11-19-18-7-6-8-20-22(18)16(14-30(20)15(3)31)12-21(19)29(13-17)10-9-24(25,26)27/h6-8,11,14,17,21H,4-5,9-10,12-13H2,1-3H3/t17-,21?/m1/s1. The van der Waals surface area contributed by atoms with Crippen LogP contribution in [-0.2, 0) is 11.2 Å². The first kappa shape index (κ1) is 22.6. The van der Waals surface area contributed by atoms with Gasteiger partial charge < -0.3 is 4.90 Å². The SMILES string of the molecule is CCN(CC)C(=O)[C@@H]1C=C2c3cccc4c3c(cn4C(C)=O)CC2N(CCC(F)(F)F)C1. The molecule has 0 saturated heterocycles. The second-order valence-corrected chi connectivity index (χ2v) is 8.56. The van der Waals surface area contributed by atoms with E-state index in [2.05, 4.69) is 0 Å². The van der Waals surface area contributed by atoms with E-state index in [1.54, 1.807) is 9.47 Å². The summed E-state index contributed by atoms with van der Waals surface area (Å²) in [4.78, 5) is 28.8. The van der Waals surface area contributed by atoms with Gasteiger partial charge in [-0.1, -0.05) is 18.2 Å². The number of nitrogens with zero attached hydrogens (tertiary/aromatic N) is 3. The average Bonchev–Trinajstić information content (AvgIpc) is 3.12. The molecule has 8 heteroatoms. The van der Waals surface area contributed by atoms with E-state index < -0.39 is 18.5 Å². The van der Waals surface area contributed by atoms with Crippen LogP contribution < -0.4 is 0 Å². The molecule has 32 heavy (non-hydrogen) atoms. The number of hydrogen-bond acceptors (Lipinski definition) is 3. The minimum Gasteiger partial charge on any atom is -0.343 e. The molecule has 0 N–H and O–H groups in total. The number of aromatic nitrogens is 1. The number of amides is 1. The third-order valence-corrected chi connectivity index (χ3v) is 6.66. The van der Waals surface area contributed by atoms with Crippen molar-refractivity contribution in [3.05, 3.63) is 41.6 Å². The van der Waals surface area contributed by atoms with Crippen LogP contribution in [0.25, 0.3) is 16.5 Å². The Kier molecular flexibility index (Phi) is 5.92. The normalized spacial score (nSPS) is 20.8. The predicted molar refractivity (Wildman–Crippen MR) is 117 cm³/mol. The topological polar surface area (TPSA) is 45.6 Å². The molecule has 172 valence electrons. The molecular formula is C24H28F3N3O2. The Morgan fingerprint density at radius 2 is 1.91 bits per heavy atom. The quantitative estimate of drug-likeness (QED) is 0.684. The summed E-state index contributed by atoms with van der Waals surface area (Å²) in [6.45, 7) is 6.52. The van der Waals surface area contributed by atoms with Crippen LogP contribution in [0.15, 0.2) is 30.5 Å². The smallest absolute Gasteiger partial charge is 0.343 e. The maximum atomic E-state index is 13.1. The van der Waals surface area contributed by atoms with Gasteiger partial charge in [0.15, 0.2) is 0 Å². The van der Waals surface area contributed by atoms with Crippen LogP contribution in [0.1, 0.15) is 43.1 Å². The molecule has 4 rings (SSSR count). The molecule has 1 aromatic carbocycles. The molecule has 2 aromatic rings. The number of fused-ring (bicyclic) bond motifs is 2. The highest BCUT2D eigenvalue weighted by atomic mass is 19.4. The first-order valence-electron chi connectivity index (χ1n) is 11.1. The molecule has 2 atom stereocenters. The summed E-state index contributed by atoms with van der Waals surface area (Å²) >= 11 is 0. The van der Waals surface area contributed by atoms with E-state index in [0.29, 0.717) is 19.5 Å². The van der Waals surface area contributed by atoms with Gasteiger partial charge in [-0.2, -0.15) is 13.2 Å². The van der Waals surface area contributed by atoms with Crippen LogP contribution in [-0.4, -0.2) is 64.6 Å². The molecule has 1 unspecified atom stereocenters. The van der Waals surface area contributed by atoms with E-state index in [1.807, 2.05) is 49.2 Å². The molecule has 5 nitrogen and oxygen atoms in total. The van der Waals surface area contributed by atoms with E-state index in [4.69, 9.17) is 0 Å². The number of benzene rings is 1. The summed E-state index contributed by atoms with van der Waals surface area (Å²) in [5.74, 6) is -0.668. The summed E-state index contributed by atoms with van der Waals surface area (Å²) in [5, 5.41) is 0.955. The fraction of sp³-hybridized carbons (Fsp3) is 0.500. The Morgan fingerprint density at radius 1 is 1.19 bits per heavy atom. The zero-order valence-electron chi connectivity index (χ0n) is 18.6. The molecule has 1 aliphatic heterocycles. The first-order valence-corrected chi connectivity index (χ1v) is 11.1. The highest BCUT2D eigenvalue weighted by molar-refractivity contribution is 6.03. The molecule has 2 aliphatic rings. The van der Waals surface area contributed by atoms with E-state index in [-0.39, 0.29) is 30.9 Å². The van der Waals surface area contributed by atoms with E-state index in [0.717, 1.165) is 27.6 Å². The predicted octanol–water partition coefficient (Wildman–Crippen LogP) is 4.36. The van der Waals surface area contributed by atoms with E-state index >= 15 is 0 Å². The summed E-state index contributed by atoms with van der Waals surface area (Å²) in [6, 6.07) is 5.44. The van der Waals surface area contributed by atoms with Crippen molar-refractivity contribution in [3.63, 3.8) is 0 Å². The lowest BCUT2D eigenvalue weighted by Crippen LogP contribution is -2.50. The lowest BCUT2D eigenvalue weighted by Gasteiger charge is -2.42. The van der Waals surface area contributed by atoms with Crippen molar-refractivity contribution in [3.8, 4) is 0 Å². The molecule has 1 aromatic heterocycles. The Labute approximate surface area is 185 Å². The molecule has 1 aliphatic carbocycles. The summed E-state index contributed by atoms with van der Waals surface area (Å²) < 4.78 is 40.9. The molecule has 0 bridgehead atoms. The number of halogens is 3. The molecule has 0 spiro atoms. The lowest BCUT2D eigenvalue weighted by atomic mass is 9.79. The number of carbonyl (C=O) groups is 2. The van der Waals surface area contributed by atoms with Gasteiger partial charge in [-0.15, -0.1) is 0 Å². The van der Waals surface area contributed by atoms with Gasteiger partial charge in [0.05, 0.1) is 17.9 Å². The minimum absolute atomic E-state index is 0.0581. The highest BCUT2D eigenvalue weighted by Crippen LogP contribution is 2.42. The largest absolute Gasteiger partial charge is 0.390 e. The van der Waals surface area contributed by atoms with Crippen molar-refractivity contribution in [1.29, 1.82) is 0 Å². The van der Waals surface area contributed by atoms with Crippen LogP contribution in [0.5, 0.6) is 0 Å². The van der Waals surface area contributed by atoms with Gasteiger partial charge in [-0.05, 0) is 43.0 Å². The Bertz CT molecular complexity index is 1080. The zero-order valence-corrected chi connectivity index (χ0v) is 18.6. The van der Waals surface area contributed by atoms with Crippen molar-refractivity contribution in [1.82, 2.24) is 14.4 Å². The second kappa shape index (κ2) is 8.39. The fourth-order valence-corrected chi connectivity index (χ4v) is 5.13. The molecule has 0 radical (unpaired) electrons.